The predicted octanol–water partition coefficient (Wildman–Crippen LogP) is 6.53. The monoisotopic (exact) mass is 790 g/mol. The summed E-state index contributed by atoms with van der Waals surface area (Å²) in [7, 11) is 2.69. The molecule has 0 saturated carbocycles. The van der Waals surface area contributed by atoms with Gasteiger partial charge in [0.25, 0.3) is 0 Å². The van der Waals surface area contributed by atoms with Crippen LogP contribution in [0.25, 0.3) is 44.5 Å². The molecule has 0 bridgehead atoms. The highest BCUT2D eigenvalue weighted by atomic mass is 16.6. The van der Waals surface area contributed by atoms with Crippen molar-refractivity contribution in [2.75, 3.05) is 27.3 Å². The number of hydrogen-bond acceptors (Lipinski definition) is 9. The van der Waals surface area contributed by atoms with E-state index in [1.54, 1.807) is 0 Å². The molecule has 14 nitrogen and oxygen atoms in total. The van der Waals surface area contributed by atoms with E-state index in [2.05, 4.69) is 81.3 Å². The Bertz CT molecular complexity index is 2210. The molecule has 4 heterocycles. The summed E-state index contributed by atoms with van der Waals surface area (Å²) in [5.74, 6) is 1.14. The van der Waals surface area contributed by atoms with Gasteiger partial charge in [0.05, 0.1) is 48.2 Å². The number of nitrogens with one attached hydrogen (secondary N) is 4. The van der Waals surface area contributed by atoms with Crippen LogP contribution >= 0.6 is 0 Å². The van der Waals surface area contributed by atoms with Crippen LogP contribution in [-0.4, -0.2) is 98.6 Å². The largest absolute Gasteiger partial charge is 0.453 e. The average molecular weight is 791 g/mol. The molecule has 2 fully saturated rings. The molecule has 0 radical (unpaired) electrons. The fourth-order valence-corrected chi connectivity index (χ4v) is 8.17. The van der Waals surface area contributed by atoms with E-state index < -0.39 is 24.6 Å². The van der Waals surface area contributed by atoms with Gasteiger partial charge in [0, 0.05) is 20.2 Å². The second kappa shape index (κ2) is 17.5. The summed E-state index contributed by atoms with van der Waals surface area (Å²) in [6.45, 7) is 8.93. The summed E-state index contributed by atoms with van der Waals surface area (Å²) in [5, 5.41) is 15.6. The topological polar surface area (TPSA) is 178 Å². The highest BCUT2D eigenvalue weighted by molar-refractivity contribution is 5.87. The minimum Gasteiger partial charge on any atom is -0.453 e. The van der Waals surface area contributed by atoms with Crippen molar-refractivity contribution in [2.45, 2.75) is 84.0 Å². The molecule has 2 aromatic heterocycles. The average Bonchev–Trinajstić information content (AvgIpc) is 4.07. The normalized spacial score (nSPS) is 18.6. The van der Waals surface area contributed by atoms with E-state index in [4.69, 9.17) is 19.4 Å². The lowest BCUT2D eigenvalue weighted by Crippen LogP contribution is -2.52. The van der Waals surface area contributed by atoms with Gasteiger partial charge in [-0.2, -0.15) is 0 Å². The van der Waals surface area contributed by atoms with Gasteiger partial charge < -0.3 is 39.7 Å². The van der Waals surface area contributed by atoms with Gasteiger partial charge in [-0.1, -0.05) is 82.3 Å². The third kappa shape index (κ3) is 8.50. The van der Waals surface area contributed by atoms with E-state index in [-0.39, 0.29) is 35.7 Å². The molecule has 1 unspecified atom stereocenters. The SMILES string of the molecule is COC(=O)N[C@H](C(=O)N1CCC[C@H]1c1nc2ccc(-c3ccc(-c4ccc(-c5cnc([C@@H]6CCCN6C(=O)[C@@H](NC(O)OC)C(C)C)[nH]5)cc4)cc3)cc2[nH]1)C(C)C. The molecule has 14 heteroatoms. The standard InChI is InChI=1S/C44H54N8O6/c1-25(2)37(49-43(55)57-5)41(53)51-21-7-9-35(51)39-45-24-34(48-39)30-17-15-28(16-18-30)27-11-13-29(14-12-27)31-19-20-32-33(23-31)47-40(46-32)36-10-8-22-52(36)42(54)38(26(3)4)50-44(56)58-6/h11-20,23-26,35-38,43,49,55H,7-10,21-22H2,1-6H3,(H,45,48)(H,46,47)(H,50,56)/t35-,36-,37-,38-,43?/m0/s1. The number of fused-ring (bicyclic) bond motifs is 1. The van der Waals surface area contributed by atoms with Gasteiger partial charge in [0.15, 0.2) is 0 Å². The van der Waals surface area contributed by atoms with E-state index >= 15 is 0 Å². The van der Waals surface area contributed by atoms with Crippen LogP contribution in [0.2, 0.25) is 0 Å². The minimum absolute atomic E-state index is 0.0427. The maximum atomic E-state index is 13.6. The van der Waals surface area contributed by atoms with Crippen LogP contribution in [0, 0.1) is 11.8 Å². The lowest BCUT2D eigenvalue weighted by molar-refractivity contribution is -0.145. The maximum absolute atomic E-state index is 13.6. The van der Waals surface area contributed by atoms with Crippen molar-refractivity contribution in [1.29, 1.82) is 0 Å². The van der Waals surface area contributed by atoms with Crippen molar-refractivity contribution in [3.63, 3.8) is 0 Å². The van der Waals surface area contributed by atoms with Crippen LogP contribution in [0.1, 0.15) is 77.1 Å². The first-order valence-corrected chi connectivity index (χ1v) is 20.1. The fraction of sp³-hybridized carbons (Fsp3) is 0.432. The maximum Gasteiger partial charge on any atom is 0.407 e. The number of alkyl carbamates (subject to hydrolysis) is 1. The fourth-order valence-electron chi connectivity index (χ4n) is 8.17. The molecular formula is C44H54N8O6. The molecule has 58 heavy (non-hydrogen) atoms. The number of methoxy groups -OCH3 is 2. The Kier molecular flexibility index (Phi) is 12.3. The Morgan fingerprint density at radius 3 is 1.84 bits per heavy atom. The number of carbonyl (C=O) groups excluding carboxylic acids is 3. The molecule has 3 aromatic carbocycles. The predicted molar refractivity (Wildman–Crippen MR) is 221 cm³/mol. The summed E-state index contributed by atoms with van der Waals surface area (Å²) in [4.78, 5) is 59.4. The van der Waals surface area contributed by atoms with E-state index in [0.717, 1.165) is 81.9 Å². The molecule has 3 amide bonds. The Balaban J connectivity index is 1.02. The minimum atomic E-state index is -1.22. The van der Waals surface area contributed by atoms with Gasteiger partial charge in [0.1, 0.15) is 17.7 Å². The van der Waals surface area contributed by atoms with E-state index in [0.29, 0.717) is 13.1 Å². The van der Waals surface area contributed by atoms with Crippen molar-refractivity contribution in [3.8, 4) is 33.5 Å². The molecule has 5 atom stereocenters. The van der Waals surface area contributed by atoms with Crippen molar-refractivity contribution in [3.05, 3.63) is 84.6 Å². The summed E-state index contributed by atoms with van der Waals surface area (Å²) in [5.41, 5.74) is 7.89. The van der Waals surface area contributed by atoms with E-state index in [1.165, 1.54) is 14.2 Å². The number of H-pyrrole nitrogens is 2. The molecule has 5 aromatic rings. The van der Waals surface area contributed by atoms with E-state index in [9.17, 15) is 19.5 Å². The molecular weight excluding hydrogens is 737 g/mol. The molecule has 2 saturated heterocycles. The van der Waals surface area contributed by atoms with Gasteiger partial charge in [0.2, 0.25) is 18.2 Å². The highest BCUT2D eigenvalue weighted by Gasteiger charge is 2.39. The van der Waals surface area contributed by atoms with Crippen molar-refractivity contribution >= 4 is 28.9 Å². The summed E-state index contributed by atoms with van der Waals surface area (Å²) < 4.78 is 9.73. The summed E-state index contributed by atoms with van der Waals surface area (Å²) in [6, 6.07) is 21.3. The second-order valence-corrected chi connectivity index (χ2v) is 15.9. The van der Waals surface area contributed by atoms with Gasteiger partial charge in [-0.05, 0) is 77.5 Å². The number of aromatic amines is 2. The first kappa shape index (κ1) is 40.6. The Labute approximate surface area is 338 Å². The van der Waals surface area contributed by atoms with Gasteiger partial charge >= 0.3 is 6.09 Å². The molecule has 2 aliphatic heterocycles. The Hall–Kier alpha value is -5.57. The van der Waals surface area contributed by atoms with Crippen LogP contribution in [0.5, 0.6) is 0 Å². The Morgan fingerprint density at radius 1 is 0.741 bits per heavy atom. The first-order chi connectivity index (χ1) is 27.9. The van der Waals surface area contributed by atoms with E-state index in [1.807, 2.05) is 49.8 Å². The third-order valence-electron chi connectivity index (χ3n) is 11.4. The molecule has 7 rings (SSSR count). The number of hydrogen-bond donors (Lipinski definition) is 5. The number of rotatable bonds is 13. The number of aromatic nitrogens is 4. The molecule has 2 aliphatic rings. The lowest BCUT2D eigenvalue weighted by atomic mass is 9.99. The number of likely N-dealkylation sites (tertiary alicyclic amines) is 2. The molecule has 5 N–H and O–H groups in total. The number of imidazole rings is 2. The van der Waals surface area contributed by atoms with Crippen molar-refractivity contribution < 1.29 is 29.0 Å². The molecule has 0 aliphatic carbocycles. The molecule has 306 valence electrons. The lowest BCUT2D eigenvalue weighted by Gasteiger charge is -2.31. The number of carbonyl (C=O) groups is 3. The van der Waals surface area contributed by atoms with Crippen LogP contribution in [0.3, 0.4) is 0 Å². The number of aliphatic hydroxyl groups is 1. The van der Waals surface area contributed by atoms with Crippen LogP contribution in [0.15, 0.2) is 72.9 Å². The number of benzene rings is 3. The number of amides is 3. The van der Waals surface area contributed by atoms with Crippen molar-refractivity contribution in [2.24, 2.45) is 11.8 Å². The zero-order valence-electron chi connectivity index (χ0n) is 34.0. The molecule has 0 spiro atoms. The summed E-state index contributed by atoms with van der Waals surface area (Å²) in [6.07, 6.45) is 3.30. The first-order valence-electron chi connectivity index (χ1n) is 20.1. The number of ether oxygens (including phenoxy) is 2. The highest BCUT2D eigenvalue weighted by Crippen LogP contribution is 2.35. The van der Waals surface area contributed by atoms with Crippen molar-refractivity contribution in [1.82, 2.24) is 40.4 Å². The quantitative estimate of drug-likeness (QED) is 0.0830. The Morgan fingerprint density at radius 2 is 1.28 bits per heavy atom. The van der Waals surface area contributed by atoms with Crippen LogP contribution in [-0.2, 0) is 19.1 Å². The zero-order valence-corrected chi connectivity index (χ0v) is 34.0. The second-order valence-electron chi connectivity index (χ2n) is 15.9. The van der Waals surface area contributed by atoms with Gasteiger partial charge in [-0.25, -0.2) is 14.8 Å². The number of aliphatic hydroxyl groups excluding tert-OH is 1. The van der Waals surface area contributed by atoms with Crippen LogP contribution < -0.4 is 10.6 Å². The van der Waals surface area contributed by atoms with Crippen LogP contribution in [0.4, 0.5) is 4.79 Å². The summed E-state index contributed by atoms with van der Waals surface area (Å²) >= 11 is 0. The zero-order chi connectivity index (χ0) is 41.1. The number of nitrogens with zero attached hydrogens (tertiary/aromatic N) is 4. The van der Waals surface area contributed by atoms with Gasteiger partial charge in [-0.15, -0.1) is 0 Å². The smallest absolute Gasteiger partial charge is 0.407 e. The van der Waals surface area contributed by atoms with Gasteiger partial charge in [-0.3, -0.25) is 14.9 Å². The third-order valence-corrected chi connectivity index (χ3v) is 11.4.